The molecule has 2 saturated carbocycles. The highest BCUT2D eigenvalue weighted by Crippen LogP contribution is 2.29. The van der Waals surface area contributed by atoms with Crippen molar-refractivity contribution >= 4 is 5.97 Å². The van der Waals surface area contributed by atoms with Gasteiger partial charge in [-0.05, 0) is 38.5 Å². The van der Waals surface area contributed by atoms with Gasteiger partial charge in [0.25, 0.3) is 0 Å². The largest absolute Gasteiger partial charge is 0.461 e. The maximum Gasteiger partial charge on any atom is 0.326 e. The molecule has 0 amide bonds. The minimum atomic E-state index is -0.671. The van der Waals surface area contributed by atoms with Crippen molar-refractivity contribution in [3.05, 3.63) is 0 Å². The van der Waals surface area contributed by atoms with Crippen molar-refractivity contribution in [2.24, 2.45) is 5.73 Å². The Labute approximate surface area is 97.7 Å². The fourth-order valence-electron chi connectivity index (χ4n) is 2.84. The van der Waals surface area contributed by atoms with Crippen molar-refractivity contribution in [1.82, 2.24) is 0 Å². The van der Waals surface area contributed by atoms with Crippen LogP contribution in [0.15, 0.2) is 0 Å². The third-order valence-electron chi connectivity index (χ3n) is 3.98. The lowest BCUT2D eigenvalue weighted by atomic mass is 9.82. The van der Waals surface area contributed by atoms with Crippen molar-refractivity contribution < 1.29 is 9.53 Å². The Balaban J connectivity index is 1.85. The van der Waals surface area contributed by atoms with Crippen LogP contribution in [0.5, 0.6) is 0 Å². The summed E-state index contributed by atoms with van der Waals surface area (Å²) >= 11 is 0. The lowest BCUT2D eigenvalue weighted by Gasteiger charge is -2.33. The van der Waals surface area contributed by atoms with Crippen LogP contribution in [0.4, 0.5) is 0 Å². The third-order valence-corrected chi connectivity index (χ3v) is 3.98. The maximum atomic E-state index is 12.0. The van der Waals surface area contributed by atoms with Gasteiger partial charge in [0.1, 0.15) is 11.6 Å². The average molecular weight is 225 g/mol. The van der Waals surface area contributed by atoms with Crippen LogP contribution in [0, 0.1) is 0 Å². The number of ether oxygens (including phenoxy) is 1. The van der Waals surface area contributed by atoms with Gasteiger partial charge in [-0.15, -0.1) is 0 Å². The second-order valence-electron chi connectivity index (χ2n) is 5.38. The number of esters is 1. The fourth-order valence-corrected chi connectivity index (χ4v) is 2.84. The van der Waals surface area contributed by atoms with Gasteiger partial charge < -0.3 is 10.5 Å². The summed E-state index contributed by atoms with van der Waals surface area (Å²) in [4.78, 5) is 12.0. The highest BCUT2D eigenvalue weighted by Gasteiger charge is 2.38. The summed E-state index contributed by atoms with van der Waals surface area (Å²) < 4.78 is 5.57. The van der Waals surface area contributed by atoms with Crippen molar-refractivity contribution in [3.8, 4) is 0 Å². The second kappa shape index (κ2) is 5.17. The van der Waals surface area contributed by atoms with E-state index in [0.29, 0.717) is 0 Å². The molecule has 2 rings (SSSR count). The molecule has 0 saturated heterocycles. The quantitative estimate of drug-likeness (QED) is 0.735. The van der Waals surface area contributed by atoms with E-state index in [9.17, 15) is 4.79 Å². The van der Waals surface area contributed by atoms with Crippen LogP contribution in [-0.2, 0) is 9.53 Å². The molecule has 0 atom stereocenters. The van der Waals surface area contributed by atoms with Gasteiger partial charge in [-0.1, -0.05) is 25.7 Å². The molecule has 2 fully saturated rings. The molecule has 2 aliphatic carbocycles. The molecule has 0 bridgehead atoms. The Kier molecular flexibility index (Phi) is 3.85. The van der Waals surface area contributed by atoms with E-state index in [2.05, 4.69) is 0 Å². The highest BCUT2D eigenvalue weighted by molar-refractivity contribution is 5.80. The Morgan fingerprint density at radius 2 is 1.56 bits per heavy atom. The zero-order valence-corrected chi connectivity index (χ0v) is 10.0. The zero-order chi connectivity index (χ0) is 11.4. The first kappa shape index (κ1) is 11.9. The highest BCUT2D eigenvalue weighted by atomic mass is 16.5. The van der Waals surface area contributed by atoms with E-state index in [4.69, 9.17) is 10.5 Å². The Morgan fingerprint density at radius 3 is 2.19 bits per heavy atom. The molecule has 0 aromatic carbocycles. The lowest BCUT2D eigenvalue weighted by molar-refractivity contribution is -0.158. The van der Waals surface area contributed by atoms with Crippen LogP contribution in [0.1, 0.15) is 64.2 Å². The van der Waals surface area contributed by atoms with Crippen LogP contribution >= 0.6 is 0 Å². The zero-order valence-electron chi connectivity index (χ0n) is 10.0. The summed E-state index contributed by atoms with van der Waals surface area (Å²) in [5.74, 6) is -0.140. The van der Waals surface area contributed by atoms with Crippen molar-refractivity contribution in [2.75, 3.05) is 0 Å². The molecular weight excluding hydrogens is 202 g/mol. The topological polar surface area (TPSA) is 52.3 Å². The molecule has 16 heavy (non-hydrogen) atoms. The van der Waals surface area contributed by atoms with Crippen LogP contribution < -0.4 is 5.73 Å². The van der Waals surface area contributed by atoms with Gasteiger partial charge in [-0.2, -0.15) is 0 Å². The first-order valence-electron chi connectivity index (χ1n) is 6.71. The van der Waals surface area contributed by atoms with Gasteiger partial charge in [-0.25, -0.2) is 0 Å². The van der Waals surface area contributed by atoms with Crippen molar-refractivity contribution in [1.29, 1.82) is 0 Å². The molecule has 0 unspecified atom stereocenters. The van der Waals surface area contributed by atoms with Crippen LogP contribution in [-0.4, -0.2) is 17.6 Å². The SMILES string of the molecule is NC1(C(=O)OC2CCCCC2)CCCCC1. The minimum absolute atomic E-state index is 0.140. The monoisotopic (exact) mass is 225 g/mol. The molecule has 2 aliphatic rings. The molecular formula is C13H23NO2. The second-order valence-corrected chi connectivity index (χ2v) is 5.38. The van der Waals surface area contributed by atoms with E-state index in [1.807, 2.05) is 0 Å². The maximum absolute atomic E-state index is 12.0. The predicted octanol–water partition coefficient (Wildman–Crippen LogP) is 2.52. The molecule has 2 N–H and O–H groups in total. The van der Waals surface area contributed by atoms with Crippen LogP contribution in [0.3, 0.4) is 0 Å². The van der Waals surface area contributed by atoms with Crippen LogP contribution in [0.25, 0.3) is 0 Å². The minimum Gasteiger partial charge on any atom is -0.461 e. The van der Waals surface area contributed by atoms with Crippen molar-refractivity contribution in [3.63, 3.8) is 0 Å². The number of carbonyl (C=O) groups excluding carboxylic acids is 1. The van der Waals surface area contributed by atoms with Gasteiger partial charge in [0, 0.05) is 0 Å². The van der Waals surface area contributed by atoms with Crippen LogP contribution in [0.2, 0.25) is 0 Å². The van der Waals surface area contributed by atoms with Gasteiger partial charge in [0.15, 0.2) is 0 Å². The Hall–Kier alpha value is -0.570. The first-order chi connectivity index (χ1) is 7.71. The Morgan fingerprint density at radius 1 is 1.00 bits per heavy atom. The number of hydrogen-bond acceptors (Lipinski definition) is 3. The van der Waals surface area contributed by atoms with E-state index in [-0.39, 0.29) is 12.1 Å². The molecule has 0 heterocycles. The van der Waals surface area contributed by atoms with E-state index in [1.54, 1.807) is 0 Å². The smallest absolute Gasteiger partial charge is 0.326 e. The molecule has 3 nitrogen and oxygen atoms in total. The number of hydrogen-bond donors (Lipinski definition) is 1. The summed E-state index contributed by atoms with van der Waals surface area (Å²) in [7, 11) is 0. The number of nitrogens with two attached hydrogens (primary N) is 1. The molecule has 0 radical (unpaired) electrons. The summed E-state index contributed by atoms with van der Waals surface area (Å²) in [5, 5.41) is 0. The fraction of sp³-hybridized carbons (Fsp3) is 0.923. The molecule has 0 spiro atoms. The summed E-state index contributed by atoms with van der Waals surface area (Å²) in [5.41, 5.74) is 5.47. The Bertz CT molecular complexity index is 240. The van der Waals surface area contributed by atoms with Crippen molar-refractivity contribution in [2.45, 2.75) is 75.9 Å². The molecule has 0 aromatic rings. The summed E-state index contributed by atoms with van der Waals surface area (Å²) in [6, 6.07) is 0. The van der Waals surface area contributed by atoms with E-state index < -0.39 is 5.54 Å². The molecule has 3 heteroatoms. The van der Waals surface area contributed by atoms with Gasteiger partial charge in [-0.3, -0.25) is 4.79 Å². The standard InChI is InChI=1S/C13H23NO2/c14-13(9-5-2-6-10-13)12(15)16-11-7-3-1-4-8-11/h11H,1-10,14H2. The normalized spacial score (nSPS) is 26.3. The number of rotatable bonds is 2. The predicted molar refractivity (Wildman–Crippen MR) is 63.0 cm³/mol. The van der Waals surface area contributed by atoms with E-state index in [1.165, 1.54) is 25.7 Å². The third kappa shape index (κ3) is 2.76. The number of carbonyl (C=O) groups is 1. The van der Waals surface area contributed by atoms with Gasteiger partial charge >= 0.3 is 5.97 Å². The lowest BCUT2D eigenvalue weighted by Crippen LogP contribution is -2.51. The molecule has 0 aliphatic heterocycles. The average Bonchev–Trinajstić information content (AvgIpc) is 2.31. The molecule has 92 valence electrons. The van der Waals surface area contributed by atoms with Gasteiger partial charge in [0.2, 0.25) is 0 Å². The summed E-state index contributed by atoms with van der Waals surface area (Å²) in [6.07, 6.45) is 10.8. The van der Waals surface area contributed by atoms with Gasteiger partial charge in [0.05, 0.1) is 0 Å². The first-order valence-corrected chi connectivity index (χ1v) is 6.71. The van der Waals surface area contributed by atoms with E-state index in [0.717, 1.165) is 38.5 Å². The summed E-state index contributed by atoms with van der Waals surface area (Å²) in [6.45, 7) is 0. The molecule has 0 aromatic heterocycles. The van der Waals surface area contributed by atoms with E-state index >= 15 is 0 Å².